The van der Waals surface area contributed by atoms with E-state index in [4.69, 9.17) is 10.5 Å². The number of carbonyl (C=O) groups excluding carboxylic acids is 2. The van der Waals surface area contributed by atoms with E-state index in [2.05, 4.69) is 15.4 Å². The topological polar surface area (TPSA) is 103 Å². The molecule has 1 aromatic heterocycles. The van der Waals surface area contributed by atoms with Gasteiger partial charge in [-0.15, -0.1) is 11.3 Å². The molecule has 0 saturated heterocycles. The second-order valence-electron chi connectivity index (χ2n) is 3.54. The third-order valence-electron chi connectivity index (χ3n) is 2.36. The molecule has 0 radical (unpaired) electrons. The second kappa shape index (κ2) is 6.95. The number of nitrogens with two attached hydrogens (primary N) is 1. The van der Waals surface area contributed by atoms with Crippen LogP contribution in [-0.2, 0) is 9.47 Å². The molecular formula is C11H17N3O4S. The normalized spacial score (nSPS) is 10.1. The summed E-state index contributed by atoms with van der Waals surface area (Å²) in [5.74, 6) is -0.920. The van der Waals surface area contributed by atoms with E-state index < -0.39 is 5.97 Å². The monoisotopic (exact) mass is 287 g/mol. The Labute approximate surface area is 115 Å². The zero-order valence-corrected chi connectivity index (χ0v) is 11.8. The van der Waals surface area contributed by atoms with Crippen molar-refractivity contribution >= 4 is 33.9 Å². The quantitative estimate of drug-likeness (QED) is 0.521. The zero-order valence-electron chi connectivity index (χ0n) is 11.0. The molecular weight excluding hydrogens is 270 g/mol. The van der Waals surface area contributed by atoms with E-state index >= 15 is 0 Å². The van der Waals surface area contributed by atoms with E-state index in [-0.39, 0.29) is 22.0 Å². The summed E-state index contributed by atoms with van der Waals surface area (Å²) >= 11 is 1.09. The number of methoxy groups -OCH3 is 2. The van der Waals surface area contributed by atoms with Crippen LogP contribution in [0.2, 0.25) is 0 Å². The number of ether oxygens (including phenoxy) is 2. The Morgan fingerprint density at radius 2 is 2.05 bits per heavy atom. The third-order valence-corrected chi connectivity index (χ3v) is 3.51. The van der Waals surface area contributed by atoms with Crippen LogP contribution in [0.25, 0.3) is 0 Å². The minimum Gasteiger partial charge on any atom is -0.465 e. The molecule has 4 N–H and O–H groups in total. The second-order valence-corrected chi connectivity index (χ2v) is 4.56. The minimum absolute atomic E-state index is 0.121. The Kier molecular flexibility index (Phi) is 5.58. The molecule has 1 aromatic rings. The first-order valence-corrected chi connectivity index (χ1v) is 6.33. The number of rotatable bonds is 6. The number of anilines is 2. The smallest absolute Gasteiger partial charge is 0.350 e. The molecule has 0 bridgehead atoms. The number of thiophene rings is 1. The predicted octanol–water partition coefficient (Wildman–Crippen LogP) is 0.535. The Hall–Kier alpha value is -1.80. The lowest BCUT2D eigenvalue weighted by Gasteiger charge is -2.06. The predicted molar refractivity (Wildman–Crippen MR) is 73.8 cm³/mol. The summed E-state index contributed by atoms with van der Waals surface area (Å²) in [6, 6.07) is 0. The van der Waals surface area contributed by atoms with Gasteiger partial charge in [-0.1, -0.05) is 0 Å². The van der Waals surface area contributed by atoms with Crippen LogP contribution in [0.15, 0.2) is 0 Å². The van der Waals surface area contributed by atoms with Crippen molar-refractivity contribution in [2.75, 3.05) is 45.5 Å². The molecule has 1 amide bonds. The van der Waals surface area contributed by atoms with Gasteiger partial charge in [-0.2, -0.15) is 0 Å². The Morgan fingerprint density at radius 3 is 2.58 bits per heavy atom. The van der Waals surface area contributed by atoms with Crippen molar-refractivity contribution in [2.24, 2.45) is 0 Å². The maximum Gasteiger partial charge on any atom is 0.350 e. The van der Waals surface area contributed by atoms with Gasteiger partial charge in [0.05, 0.1) is 25.0 Å². The maximum atomic E-state index is 11.8. The van der Waals surface area contributed by atoms with Crippen molar-refractivity contribution in [3.05, 3.63) is 10.4 Å². The van der Waals surface area contributed by atoms with Crippen molar-refractivity contribution in [1.82, 2.24) is 5.32 Å². The fourth-order valence-corrected chi connectivity index (χ4v) is 2.49. The fraction of sp³-hybridized carbons (Fsp3) is 0.455. The highest BCUT2D eigenvalue weighted by Gasteiger charge is 2.25. The van der Waals surface area contributed by atoms with E-state index in [9.17, 15) is 9.59 Å². The number of amides is 1. The molecule has 1 rings (SSSR count). The van der Waals surface area contributed by atoms with E-state index in [0.29, 0.717) is 18.2 Å². The molecule has 106 valence electrons. The molecule has 7 nitrogen and oxygen atoms in total. The van der Waals surface area contributed by atoms with Gasteiger partial charge in [-0.05, 0) is 0 Å². The summed E-state index contributed by atoms with van der Waals surface area (Å²) in [6.45, 7) is 0.972. The van der Waals surface area contributed by atoms with Crippen LogP contribution >= 0.6 is 11.3 Å². The van der Waals surface area contributed by atoms with Crippen LogP contribution < -0.4 is 16.4 Å². The summed E-state index contributed by atoms with van der Waals surface area (Å²) in [6.07, 6.45) is 0. The van der Waals surface area contributed by atoms with Gasteiger partial charge in [0.25, 0.3) is 5.91 Å². The molecule has 0 saturated carbocycles. The van der Waals surface area contributed by atoms with Crippen LogP contribution in [0.3, 0.4) is 0 Å². The van der Waals surface area contributed by atoms with Gasteiger partial charge in [-0.25, -0.2) is 4.79 Å². The average molecular weight is 287 g/mol. The largest absolute Gasteiger partial charge is 0.465 e. The fourth-order valence-electron chi connectivity index (χ4n) is 1.43. The van der Waals surface area contributed by atoms with Gasteiger partial charge in [-0.3, -0.25) is 4.79 Å². The van der Waals surface area contributed by atoms with Crippen molar-refractivity contribution in [1.29, 1.82) is 0 Å². The SMILES string of the molecule is CNC(=O)c1c(NCCOC)sc(C(=O)OC)c1N. The Morgan fingerprint density at radius 1 is 1.37 bits per heavy atom. The molecule has 19 heavy (non-hydrogen) atoms. The number of esters is 1. The summed E-state index contributed by atoms with van der Waals surface area (Å²) < 4.78 is 9.55. The van der Waals surface area contributed by atoms with E-state index in [0.717, 1.165) is 11.3 Å². The van der Waals surface area contributed by atoms with E-state index in [1.54, 1.807) is 7.11 Å². The van der Waals surface area contributed by atoms with Crippen LogP contribution in [0.4, 0.5) is 10.7 Å². The highest BCUT2D eigenvalue weighted by molar-refractivity contribution is 7.19. The van der Waals surface area contributed by atoms with Crippen molar-refractivity contribution in [3.8, 4) is 0 Å². The van der Waals surface area contributed by atoms with E-state index in [1.165, 1.54) is 14.2 Å². The number of hydrogen-bond donors (Lipinski definition) is 3. The number of nitrogens with one attached hydrogen (secondary N) is 2. The van der Waals surface area contributed by atoms with Crippen LogP contribution in [-0.4, -0.2) is 46.3 Å². The van der Waals surface area contributed by atoms with Gasteiger partial charge >= 0.3 is 5.97 Å². The Bertz CT molecular complexity index is 473. The Balaban J connectivity index is 3.12. The molecule has 0 unspecified atom stereocenters. The van der Waals surface area contributed by atoms with Crippen molar-refractivity contribution in [3.63, 3.8) is 0 Å². The van der Waals surface area contributed by atoms with Gasteiger partial charge in [0.1, 0.15) is 9.88 Å². The molecule has 1 heterocycles. The molecule has 0 aromatic carbocycles. The molecule has 0 aliphatic rings. The molecule has 0 fully saturated rings. The molecule has 8 heteroatoms. The zero-order chi connectivity index (χ0) is 14.4. The lowest BCUT2D eigenvalue weighted by Crippen LogP contribution is -2.20. The molecule has 0 spiro atoms. The molecule has 0 aliphatic heterocycles. The van der Waals surface area contributed by atoms with Crippen LogP contribution in [0.1, 0.15) is 20.0 Å². The van der Waals surface area contributed by atoms with Gasteiger partial charge in [0.15, 0.2) is 0 Å². The molecule has 0 aliphatic carbocycles. The number of carbonyl (C=O) groups is 2. The number of hydrogen-bond acceptors (Lipinski definition) is 7. The van der Waals surface area contributed by atoms with Gasteiger partial charge in [0.2, 0.25) is 0 Å². The first kappa shape index (κ1) is 15.3. The van der Waals surface area contributed by atoms with Crippen LogP contribution in [0.5, 0.6) is 0 Å². The highest BCUT2D eigenvalue weighted by Crippen LogP contribution is 2.36. The van der Waals surface area contributed by atoms with Crippen molar-refractivity contribution < 1.29 is 19.1 Å². The molecule has 0 atom stereocenters. The lowest BCUT2D eigenvalue weighted by atomic mass is 10.2. The maximum absolute atomic E-state index is 11.8. The highest BCUT2D eigenvalue weighted by atomic mass is 32.1. The first-order chi connectivity index (χ1) is 9.06. The average Bonchev–Trinajstić information content (AvgIpc) is 2.74. The van der Waals surface area contributed by atoms with Gasteiger partial charge < -0.3 is 25.8 Å². The van der Waals surface area contributed by atoms with E-state index in [1.807, 2.05) is 0 Å². The minimum atomic E-state index is -0.563. The van der Waals surface area contributed by atoms with Crippen molar-refractivity contribution in [2.45, 2.75) is 0 Å². The first-order valence-electron chi connectivity index (χ1n) is 5.52. The summed E-state index contributed by atoms with van der Waals surface area (Å²) in [7, 11) is 4.33. The van der Waals surface area contributed by atoms with Crippen LogP contribution in [0, 0.1) is 0 Å². The summed E-state index contributed by atoms with van der Waals surface area (Å²) in [5, 5.41) is 6.02. The number of nitrogen functional groups attached to an aromatic ring is 1. The standard InChI is InChI=1S/C11H17N3O4S/c1-13-9(15)6-7(12)8(11(16)18-3)19-10(6)14-4-5-17-2/h14H,4-5,12H2,1-3H3,(H,13,15). The third kappa shape index (κ3) is 3.36. The lowest BCUT2D eigenvalue weighted by molar-refractivity contribution is 0.0607. The summed E-state index contributed by atoms with van der Waals surface area (Å²) in [4.78, 5) is 23.6. The van der Waals surface area contributed by atoms with Gasteiger partial charge in [0, 0.05) is 20.7 Å². The summed E-state index contributed by atoms with van der Waals surface area (Å²) in [5.41, 5.74) is 6.21.